The Morgan fingerprint density at radius 1 is 1.33 bits per heavy atom. The van der Waals surface area contributed by atoms with Gasteiger partial charge in [-0.25, -0.2) is 0 Å². The first-order valence-electron chi connectivity index (χ1n) is 5.50. The molecule has 0 amide bonds. The third-order valence-corrected chi connectivity index (χ3v) is 4.23. The van der Waals surface area contributed by atoms with Gasteiger partial charge in [0.1, 0.15) is 0 Å². The monoisotopic (exact) mass is 267 g/mol. The number of rotatable bonds is 2. The molecule has 0 radical (unpaired) electrons. The predicted molar refractivity (Wildman–Crippen MR) is 67.9 cm³/mol. The normalized spacial score (nSPS) is 20.4. The van der Waals surface area contributed by atoms with E-state index in [4.69, 9.17) is 5.73 Å². The molecule has 1 aliphatic rings. The zero-order chi connectivity index (χ0) is 11.1. The fourth-order valence-corrected chi connectivity index (χ4v) is 2.71. The summed E-state index contributed by atoms with van der Waals surface area (Å²) >= 11 is 3.53. The van der Waals surface area contributed by atoms with Crippen LogP contribution < -0.4 is 5.73 Å². The van der Waals surface area contributed by atoms with Gasteiger partial charge in [0.2, 0.25) is 0 Å². The summed E-state index contributed by atoms with van der Waals surface area (Å²) in [6, 6.07) is 6.63. The van der Waals surface area contributed by atoms with Gasteiger partial charge in [0.05, 0.1) is 0 Å². The van der Waals surface area contributed by atoms with E-state index in [1.54, 1.807) is 0 Å². The Labute approximate surface area is 100 Å². The molecule has 0 spiro atoms. The molecular formula is C13H18BrN. The second kappa shape index (κ2) is 3.91. The molecule has 1 aromatic carbocycles. The van der Waals surface area contributed by atoms with Gasteiger partial charge in [0, 0.05) is 4.47 Å². The molecule has 0 aliphatic heterocycles. The Bertz CT molecular complexity index is 371. The van der Waals surface area contributed by atoms with Crippen molar-refractivity contribution in [1.82, 2.24) is 0 Å². The molecule has 0 aromatic heterocycles. The van der Waals surface area contributed by atoms with Crippen molar-refractivity contribution >= 4 is 15.9 Å². The summed E-state index contributed by atoms with van der Waals surface area (Å²) in [6.45, 7) is 5.32. The van der Waals surface area contributed by atoms with E-state index in [2.05, 4.69) is 48.0 Å². The van der Waals surface area contributed by atoms with Gasteiger partial charge in [-0.3, -0.25) is 0 Å². The van der Waals surface area contributed by atoms with Crippen LogP contribution in [0.5, 0.6) is 0 Å². The minimum Gasteiger partial charge on any atom is -0.330 e. The molecule has 1 atom stereocenters. The van der Waals surface area contributed by atoms with Crippen LogP contribution in [0.15, 0.2) is 22.7 Å². The maximum Gasteiger partial charge on any atom is 0.0178 e. The standard InChI is InChI=1S/C13H18BrN/c1-13(2,8-15)11-5-9-3-4-12(14)7-10(9)6-11/h3-4,7,11H,5-6,8,15H2,1-2H3. The Kier molecular flexibility index (Phi) is 2.91. The molecule has 82 valence electrons. The van der Waals surface area contributed by atoms with Crippen molar-refractivity contribution in [2.75, 3.05) is 6.54 Å². The first-order valence-corrected chi connectivity index (χ1v) is 6.29. The van der Waals surface area contributed by atoms with E-state index in [0.717, 1.165) is 6.54 Å². The van der Waals surface area contributed by atoms with Crippen molar-refractivity contribution in [1.29, 1.82) is 0 Å². The van der Waals surface area contributed by atoms with Crippen molar-refractivity contribution in [3.8, 4) is 0 Å². The van der Waals surface area contributed by atoms with E-state index < -0.39 is 0 Å². The van der Waals surface area contributed by atoms with Crippen LogP contribution in [0.2, 0.25) is 0 Å². The first kappa shape index (κ1) is 11.2. The van der Waals surface area contributed by atoms with Gasteiger partial charge in [-0.15, -0.1) is 0 Å². The number of nitrogens with two attached hydrogens (primary N) is 1. The van der Waals surface area contributed by atoms with E-state index in [-0.39, 0.29) is 5.41 Å². The van der Waals surface area contributed by atoms with Crippen LogP contribution in [0.3, 0.4) is 0 Å². The van der Waals surface area contributed by atoms with Crippen LogP contribution in [-0.2, 0) is 12.8 Å². The molecule has 1 aromatic rings. The number of benzene rings is 1. The average Bonchev–Trinajstić information content (AvgIpc) is 2.61. The fraction of sp³-hybridized carbons (Fsp3) is 0.538. The van der Waals surface area contributed by atoms with E-state index in [1.807, 2.05) is 0 Å². The van der Waals surface area contributed by atoms with Crippen LogP contribution in [-0.4, -0.2) is 6.54 Å². The molecule has 1 nitrogen and oxygen atoms in total. The first-order chi connectivity index (χ1) is 7.03. The molecule has 0 fully saturated rings. The zero-order valence-corrected chi connectivity index (χ0v) is 11.0. The minimum atomic E-state index is 0.255. The van der Waals surface area contributed by atoms with Crippen molar-refractivity contribution in [3.05, 3.63) is 33.8 Å². The van der Waals surface area contributed by atoms with E-state index in [0.29, 0.717) is 5.92 Å². The fourth-order valence-electron chi connectivity index (χ4n) is 2.31. The summed E-state index contributed by atoms with van der Waals surface area (Å²) < 4.78 is 1.19. The minimum absolute atomic E-state index is 0.255. The van der Waals surface area contributed by atoms with Crippen molar-refractivity contribution in [2.24, 2.45) is 17.1 Å². The van der Waals surface area contributed by atoms with Gasteiger partial charge in [0.25, 0.3) is 0 Å². The lowest BCUT2D eigenvalue weighted by Gasteiger charge is -2.29. The molecule has 0 saturated heterocycles. The zero-order valence-electron chi connectivity index (χ0n) is 9.39. The number of halogens is 1. The highest BCUT2D eigenvalue weighted by atomic mass is 79.9. The summed E-state index contributed by atoms with van der Waals surface area (Å²) in [5.74, 6) is 0.701. The summed E-state index contributed by atoms with van der Waals surface area (Å²) in [5, 5.41) is 0. The van der Waals surface area contributed by atoms with Crippen molar-refractivity contribution in [2.45, 2.75) is 26.7 Å². The maximum absolute atomic E-state index is 5.84. The van der Waals surface area contributed by atoms with Gasteiger partial charge < -0.3 is 5.73 Å². The van der Waals surface area contributed by atoms with E-state index >= 15 is 0 Å². The van der Waals surface area contributed by atoms with E-state index in [1.165, 1.54) is 28.4 Å². The Hall–Kier alpha value is -0.340. The smallest absolute Gasteiger partial charge is 0.0178 e. The average molecular weight is 268 g/mol. The summed E-state index contributed by atoms with van der Waals surface area (Å²) in [5.41, 5.74) is 9.10. The van der Waals surface area contributed by atoms with Crippen LogP contribution in [0.25, 0.3) is 0 Å². The van der Waals surface area contributed by atoms with Gasteiger partial charge >= 0.3 is 0 Å². The Morgan fingerprint density at radius 3 is 2.67 bits per heavy atom. The van der Waals surface area contributed by atoms with Crippen molar-refractivity contribution in [3.63, 3.8) is 0 Å². The second-order valence-corrected chi connectivity index (χ2v) is 6.13. The molecule has 2 rings (SSSR count). The van der Waals surface area contributed by atoms with Crippen molar-refractivity contribution < 1.29 is 0 Å². The van der Waals surface area contributed by atoms with Gasteiger partial charge in [-0.05, 0) is 54.0 Å². The molecule has 1 aliphatic carbocycles. The summed E-state index contributed by atoms with van der Waals surface area (Å²) in [7, 11) is 0. The van der Waals surface area contributed by atoms with Crippen LogP contribution in [0.1, 0.15) is 25.0 Å². The van der Waals surface area contributed by atoms with Gasteiger partial charge in [0.15, 0.2) is 0 Å². The highest BCUT2D eigenvalue weighted by molar-refractivity contribution is 9.10. The highest BCUT2D eigenvalue weighted by Gasteiger charge is 2.33. The third-order valence-electron chi connectivity index (χ3n) is 3.73. The number of fused-ring (bicyclic) bond motifs is 1. The molecule has 0 saturated carbocycles. The van der Waals surface area contributed by atoms with Crippen LogP contribution >= 0.6 is 15.9 Å². The Balaban J connectivity index is 2.22. The Morgan fingerprint density at radius 2 is 2.00 bits per heavy atom. The predicted octanol–water partition coefficient (Wildman–Crippen LogP) is 3.15. The summed E-state index contributed by atoms with van der Waals surface area (Å²) in [4.78, 5) is 0. The topological polar surface area (TPSA) is 26.0 Å². The largest absolute Gasteiger partial charge is 0.330 e. The number of hydrogen-bond acceptors (Lipinski definition) is 1. The molecule has 2 heteroatoms. The maximum atomic E-state index is 5.84. The molecule has 1 unspecified atom stereocenters. The summed E-state index contributed by atoms with van der Waals surface area (Å²) in [6.07, 6.45) is 2.37. The van der Waals surface area contributed by atoms with Gasteiger partial charge in [-0.1, -0.05) is 35.8 Å². The second-order valence-electron chi connectivity index (χ2n) is 5.21. The third kappa shape index (κ3) is 2.11. The lowest BCUT2D eigenvalue weighted by molar-refractivity contribution is 0.231. The van der Waals surface area contributed by atoms with E-state index in [9.17, 15) is 0 Å². The lowest BCUT2D eigenvalue weighted by Crippen LogP contribution is -2.32. The molecule has 2 N–H and O–H groups in total. The molecule has 0 heterocycles. The highest BCUT2D eigenvalue weighted by Crippen LogP contribution is 2.38. The quantitative estimate of drug-likeness (QED) is 0.876. The lowest BCUT2D eigenvalue weighted by atomic mass is 9.77. The van der Waals surface area contributed by atoms with Gasteiger partial charge in [-0.2, -0.15) is 0 Å². The molecular weight excluding hydrogens is 250 g/mol. The SMILES string of the molecule is CC(C)(CN)C1Cc2ccc(Br)cc2C1. The van der Waals surface area contributed by atoms with Crippen LogP contribution in [0.4, 0.5) is 0 Å². The van der Waals surface area contributed by atoms with Crippen LogP contribution in [0, 0.1) is 11.3 Å². The molecule has 15 heavy (non-hydrogen) atoms. The molecule has 0 bridgehead atoms. The number of hydrogen-bond donors (Lipinski definition) is 1.